The summed E-state index contributed by atoms with van der Waals surface area (Å²) in [5.74, 6) is 1.66. The Labute approximate surface area is 143 Å². The van der Waals surface area contributed by atoms with Crippen LogP contribution in [-0.2, 0) is 19.4 Å². The van der Waals surface area contributed by atoms with Gasteiger partial charge in [0.2, 0.25) is 0 Å². The molecule has 2 aromatic rings. The molecule has 0 amide bonds. The molecule has 0 aromatic heterocycles. The van der Waals surface area contributed by atoms with Gasteiger partial charge in [0.05, 0.1) is 13.7 Å². The van der Waals surface area contributed by atoms with E-state index in [9.17, 15) is 15.3 Å². The van der Waals surface area contributed by atoms with E-state index in [4.69, 9.17) is 4.74 Å². The minimum absolute atomic E-state index is 0.137. The first kappa shape index (κ1) is 18.1. The predicted molar refractivity (Wildman–Crippen MR) is 94.4 cm³/mol. The number of aromatic hydroxyl groups is 2. The Balaban J connectivity index is 2.03. The Morgan fingerprint density at radius 2 is 1.42 bits per heavy atom. The van der Waals surface area contributed by atoms with Crippen molar-refractivity contribution in [1.29, 1.82) is 0 Å². The second-order valence-corrected chi connectivity index (χ2v) is 6.49. The lowest BCUT2D eigenvalue weighted by atomic mass is 9.85. The second-order valence-electron chi connectivity index (χ2n) is 6.49. The molecule has 0 bridgehead atoms. The fraction of sp³-hybridized carbons (Fsp3) is 0.400. The highest BCUT2D eigenvalue weighted by molar-refractivity contribution is 5.42. The van der Waals surface area contributed by atoms with Gasteiger partial charge in [0.15, 0.2) is 11.5 Å². The molecule has 130 valence electrons. The van der Waals surface area contributed by atoms with Crippen molar-refractivity contribution >= 4 is 0 Å². The van der Waals surface area contributed by atoms with Gasteiger partial charge in [-0.05, 0) is 60.1 Å². The first-order valence-corrected chi connectivity index (χ1v) is 8.22. The number of phenols is 2. The number of aliphatic hydroxyl groups excluding tert-OH is 1. The van der Waals surface area contributed by atoms with Gasteiger partial charge in [-0.25, -0.2) is 0 Å². The van der Waals surface area contributed by atoms with E-state index in [1.165, 1.54) is 0 Å². The Hall–Kier alpha value is -2.20. The van der Waals surface area contributed by atoms with Crippen molar-refractivity contribution in [3.05, 3.63) is 53.1 Å². The maximum absolute atomic E-state index is 9.68. The van der Waals surface area contributed by atoms with Gasteiger partial charge in [0.1, 0.15) is 5.75 Å². The van der Waals surface area contributed by atoms with Crippen molar-refractivity contribution in [1.82, 2.24) is 0 Å². The van der Waals surface area contributed by atoms with Crippen LogP contribution in [0.15, 0.2) is 36.4 Å². The van der Waals surface area contributed by atoms with Gasteiger partial charge in [0.25, 0.3) is 0 Å². The molecule has 0 saturated heterocycles. The molecule has 0 spiro atoms. The molecule has 0 saturated carbocycles. The van der Waals surface area contributed by atoms with E-state index in [0.29, 0.717) is 23.1 Å². The largest absolute Gasteiger partial charge is 0.508 e. The summed E-state index contributed by atoms with van der Waals surface area (Å²) >= 11 is 0. The van der Waals surface area contributed by atoms with Gasteiger partial charge >= 0.3 is 0 Å². The van der Waals surface area contributed by atoms with Crippen LogP contribution in [0.3, 0.4) is 0 Å². The van der Waals surface area contributed by atoms with Crippen LogP contribution in [0.5, 0.6) is 17.2 Å². The van der Waals surface area contributed by atoms with Gasteiger partial charge in [-0.1, -0.05) is 26.0 Å². The quantitative estimate of drug-likeness (QED) is 0.725. The van der Waals surface area contributed by atoms with E-state index in [-0.39, 0.29) is 18.1 Å². The van der Waals surface area contributed by atoms with Crippen LogP contribution >= 0.6 is 0 Å². The van der Waals surface area contributed by atoms with Crippen LogP contribution < -0.4 is 4.74 Å². The fourth-order valence-corrected chi connectivity index (χ4v) is 2.89. The minimum atomic E-state index is -0.156. The summed E-state index contributed by atoms with van der Waals surface area (Å²) in [6, 6.07) is 10.9. The summed E-state index contributed by atoms with van der Waals surface area (Å²) < 4.78 is 5.16. The third-order valence-corrected chi connectivity index (χ3v) is 4.65. The number of hydrogen-bond donors (Lipinski definition) is 3. The lowest BCUT2D eigenvalue weighted by Crippen LogP contribution is -2.14. The van der Waals surface area contributed by atoms with Crippen LogP contribution in [0.1, 0.15) is 30.5 Å². The normalized spacial score (nSPS) is 13.5. The molecule has 0 heterocycles. The number of phenolic OH excluding ortho intramolecular Hbond substituents is 1. The van der Waals surface area contributed by atoms with E-state index >= 15 is 0 Å². The second kappa shape index (κ2) is 8.06. The molecule has 0 aliphatic rings. The van der Waals surface area contributed by atoms with Gasteiger partial charge in [-0.15, -0.1) is 0 Å². The lowest BCUT2D eigenvalue weighted by Gasteiger charge is -2.21. The number of ether oxygens (including phenoxy) is 1. The molecule has 2 atom stereocenters. The van der Waals surface area contributed by atoms with Crippen molar-refractivity contribution in [2.45, 2.75) is 33.3 Å². The summed E-state index contributed by atoms with van der Waals surface area (Å²) in [6.45, 7) is 4.25. The molecule has 4 heteroatoms. The first-order chi connectivity index (χ1) is 11.4. The topological polar surface area (TPSA) is 69.9 Å². The Morgan fingerprint density at radius 1 is 0.875 bits per heavy atom. The van der Waals surface area contributed by atoms with E-state index in [1.54, 1.807) is 19.2 Å². The number of rotatable bonds is 7. The van der Waals surface area contributed by atoms with Crippen molar-refractivity contribution < 1.29 is 20.1 Å². The molecule has 4 nitrogen and oxygen atoms in total. The summed E-state index contributed by atoms with van der Waals surface area (Å²) in [4.78, 5) is 0. The third-order valence-electron chi connectivity index (χ3n) is 4.65. The molecule has 0 radical (unpaired) electrons. The molecule has 2 rings (SSSR count). The van der Waals surface area contributed by atoms with Gasteiger partial charge in [-0.2, -0.15) is 0 Å². The predicted octanol–water partition coefficient (Wildman–Crippen LogP) is 3.66. The van der Waals surface area contributed by atoms with E-state index < -0.39 is 0 Å². The molecule has 3 N–H and O–H groups in total. The molecule has 2 aromatic carbocycles. The van der Waals surface area contributed by atoms with Crippen molar-refractivity contribution in [2.75, 3.05) is 7.11 Å². The van der Waals surface area contributed by atoms with E-state index in [2.05, 4.69) is 13.8 Å². The zero-order valence-electron chi connectivity index (χ0n) is 14.5. The van der Waals surface area contributed by atoms with Gasteiger partial charge < -0.3 is 20.1 Å². The van der Waals surface area contributed by atoms with Crippen molar-refractivity contribution in [3.63, 3.8) is 0 Å². The Kier molecular flexibility index (Phi) is 6.10. The molecular formula is C20H26O4. The van der Waals surface area contributed by atoms with E-state index in [0.717, 1.165) is 24.0 Å². The molecule has 2 unspecified atom stereocenters. The maximum Gasteiger partial charge on any atom is 0.160 e. The molecule has 0 aliphatic carbocycles. The van der Waals surface area contributed by atoms with Gasteiger partial charge in [-0.3, -0.25) is 0 Å². The number of aliphatic hydroxyl groups is 1. The maximum atomic E-state index is 9.68. The monoisotopic (exact) mass is 330 g/mol. The molecule has 24 heavy (non-hydrogen) atoms. The lowest BCUT2D eigenvalue weighted by molar-refractivity contribution is 0.275. The van der Waals surface area contributed by atoms with Crippen LogP contribution in [0, 0.1) is 11.8 Å². The number of methoxy groups -OCH3 is 1. The number of hydrogen-bond acceptors (Lipinski definition) is 4. The van der Waals surface area contributed by atoms with Crippen molar-refractivity contribution in [3.8, 4) is 17.2 Å². The average molecular weight is 330 g/mol. The molecule has 0 fully saturated rings. The van der Waals surface area contributed by atoms with Crippen LogP contribution in [0.2, 0.25) is 0 Å². The fourth-order valence-electron chi connectivity index (χ4n) is 2.89. The summed E-state index contributed by atoms with van der Waals surface area (Å²) in [5, 5.41) is 28.6. The highest BCUT2D eigenvalue weighted by atomic mass is 16.5. The van der Waals surface area contributed by atoms with Crippen LogP contribution in [-0.4, -0.2) is 22.4 Å². The Morgan fingerprint density at radius 3 is 1.96 bits per heavy atom. The standard InChI is InChI=1S/C20H26O4/c1-13(8-15-4-6-18(22)17(10-15)12-21)14(2)9-16-5-7-19(23)20(11-16)24-3/h4-7,10-11,13-14,21-23H,8-9,12H2,1-3H3. The SMILES string of the molecule is COc1cc(CC(C)C(C)Cc2ccc(O)c(CO)c2)ccc1O. The smallest absolute Gasteiger partial charge is 0.160 e. The van der Waals surface area contributed by atoms with Gasteiger partial charge in [0, 0.05) is 5.56 Å². The number of benzene rings is 2. The highest BCUT2D eigenvalue weighted by Gasteiger charge is 2.15. The summed E-state index contributed by atoms with van der Waals surface area (Å²) in [6.07, 6.45) is 1.77. The molecule has 0 aliphatic heterocycles. The minimum Gasteiger partial charge on any atom is -0.508 e. The van der Waals surface area contributed by atoms with Crippen molar-refractivity contribution in [2.24, 2.45) is 11.8 Å². The Bertz CT molecular complexity index is 622. The first-order valence-electron chi connectivity index (χ1n) is 8.22. The highest BCUT2D eigenvalue weighted by Crippen LogP contribution is 2.29. The summed E-state index contributed by atoms with van der Waals surface area (Å²) in [5.41, 5.74) is 2.81. The molecular weight excluding hydrogens is 304 g/mol. The average Bonchev–Trinajstić information content (AvgIpc) is 2.58. The van der Waals surface area contributed by atoms with Crippen LogP contribution in [0.4, 0.5) is 0 Å². The van der Waals surface area contributed by atoms with E-state index in [1.807, 2.05) is 24.3 Å². The zero-order valence-corrected chi connectivity index (χ0v) is 14.5. The van der Waals surface area contributed by atoms with Crippen LogP contribution in [0.25, 0.3) is 0 Å². The zero-order chi connectivity index (χ0) is 17.7. The summed E-state index contributed by atoms with van der Waals surface area (Å²) in [7, 11) is 1.55. The third kappa shape index (κ3) is 4.42.